The van der Waals surface area contributed by atoms with Crippen molar-refractivity contribution < 1.29 is 19.1 Å². The molecule has 0 amide bonds. The van der Waals surface area contributed by atoms with Gasteiger partial charge < -0.3 is 9.47 Å². The van der Waals surface area contributed by atoms with Crippen LogP contribution in [0.2, 0.25) is 0 Å². The number of nitriles is 1. The summed E-state index contributed by atoms with van der Waals surface area (Å²) in [6.07, 6.45) is 6.10. The van der Waals surface area contributed by atoms with E-state index in [9.17, 15) is 9.59 Å². The minimum Gasteiger partial charge on any atom is -0.466 e. The van der Waals surface area contributed by atoms with Crippen molar-refractivity contribution in [1.29, 1.82) is 5.26 Å². The summed E-state index contributed by atoms with van der Waals surface area (Å²) < 4.78 is 10.3. The molecule has 130 valence electrons. The Bertz CT molecular complexity index is 545. The third-order valence-corrected chi connectivity index (χ3v) is 3.49. The van der Waals surface area contributed by atoms with Gasteiger partial charge in [-0.1, -0.05) is 26.2 Å². The van der Waals surface area contributed by atoms with Crippen LogP contribution >= 0.6 is 0 Å². The normalized spacial score (nSPS) is 10.0. The summed E-state index contributed by atoms with van der Waals surface area (Å²) in [5, 5.41) is 8.70. The fourth-order valence-corrected chi connectivity index (χ4v) is 2.11. The number of rotatable bonds is 11. The van der Waals surface area contributed by atoms with Crippen LogP contribution in [0.3, 0.4) is 0 Å². The van der Waals surface area contributed by atoms with E-state index in [1.54, 1.807) is 24.3 Å². The molecule has 1 aromatic rings. The van der Waals surface area contributed by atoms with Gasteiger partial charge in [-0.25, -0.2) is 0 Å². The first-order valence-corrected chi connectivity index (χ1v) is 8.52. The van der Waals surface area contributed by atoms with Crippen molar-refractivity contribution in [1.82, 2.24) is 0 Å². The Kier molecular flexibility index (Phi) is 9.95. The molecular formula is C19H25NO4. The molecule has 0 N–H and O–H groups in total. The van der Waals surface area contributed by atoms with E-state index in [4.69, 9.17) is 14.7 Å². The first-order valence-electron chi connectivity index (χ1n) is 8.52. The molecule has 1 aromatic carbocycles. The van der Waals surface area contributed by atoms with Gasteiger partial charge in [0.1, 0.15) is 5.75 Å². The van der Waals surface area contributed by atoms with Gasteiger partial charge >= 0.3 is 11.9 Å². The van der Waals surface area contributed by atoms with Gasteiger partial charge in [-0.3, -0.25) is 9.59 Å². The van der Waals surface area contributed by atoms with Gasteiger partial charge in [0.15, 0.2) is 0 Å². The zero-order chi connectivity index (χ0) is 17.6. The van der Waals surface area contributed by atoms with Crippen LogP contribution in [0.5, 0.6) is 5.75 Å². The van der Waals surface area contributed by atoms with E-state index in [0.29, 0.717) is 37.2 Å². The fourth-order valence-electron chi connectivity index (χ4n) is 2.11. The summed E-state index contributed by atoms with van der Waals surface area (Å²) in [7, 11) is 0. The lowest BCUT2D eigenvalue weighted by Gasteiger charge is -2.05. The highest BCUT2D eigenvalue weighted by atomic mass is 16.5. The molecule has 0 spiro atoms. The predicted octanol–water partition coefficient (Wildman–Crippen LogP) is 4.15. The van der Waals surface area contributed by atoms with Gasteiger partial charge in [0.05, 0.1) is 18.2 Å². The molecule has 0 atom stereocenters. The molecule has 0 bridgehead atoms. The summed E-state index contributed by atoms with van der Waals surface area (Å²) >= 11 is 0. The molecule has 24 heavy (non-hydrogen) atoms. The fraction of sp³-hybridized carbons (Fsp3) is 0.526. The van der Waals surface area contributed by atoms with Gasteiger partial charge in [0.2, 0.25) is 0 Å². The Balaban J connectivity index is 2.08. The predicted molar refractivity (Wildman–Crippen MR) is 90.4 cm³/mol. The molecule has 0 radical (unpaired) electrons. The van der Waals surface area contributed by atoms with Gasteiger partial charge in [-0.2, -0.15) is 5.26 Å². The highest BCUT2D eigenvalue weighted by Gasteiger charge is 2.07. The van der Waals surface area contributed by atoms with Gasteiger partial charge in [-0.05, 0) is 43.5 Å². The van der Waals surface area contributed by atoms with Crippen molar-refractivity contribution in [3.8, 4) is 11.8 Å². The molecule has 0 fully saturated rings. The third-order valence-electron chi connectivity index (χ3n) is 3.49. The van der Waals surface area contributed by atoms with Crippen molar-refractivity contribution in [2.24, 2.45) is 0 Å². The molecule has 0 aliphatic carbocycles. The SMILES string of the molecule is CCCCCCOC(=O)CCCCC(=O)Oc1ccc(C#N)cc1. The van der Waals surface area contributed by atoms with E-state index in [1.807, 2.05) is 6.07 Å². The topological polar surface area (TPSA) is 76.4 Å². The third kappa shape index (κ3) is 8.94. The second-order valence-corrected chi connectivity index (χ2v) is 5.60. The summed E-state index contributed by atoms with van der Waals surface area (Å²) in [5.74, 6) is -0.120. The Morgan fingerprint density at radius 2 is 1.62 bits per heavy atom. The smallest absolute Gasteiger partial charge is 0.311 e. The number of hydrogen-bond acceptors (Lipinski definition) is 5. The number of benzene rings is 1. The number of carbonyl (C=O) groups is 2. The summed E-state index contributed by atoms with van der Waals surface area (Å²) in [4.78, 5) is 23.2. The highest BCUT2D eigenvalue weighted by Crippen LogP contribution is 2.13. The van der Waals surface area contributed by atoms with Crippen LogP contribution in [-0.4, -0.2) is 18.5 Å². The molecule has 0 aliphatic rings. The number of carbonyl (C=O) groups excluding carboxylic acids is 2. The summed E-state index contributed by atoms with van der Waals surface area (Å²) in [5.41, 5.74) is 0.517. The Labute approximate surface area is 143 Å². The first kappa shape index (κ1) is 19.7. The standard InChI is InChI=1S/C19H25NO4/c1-2-3-4-7-14-23-18(21)8-5-6-9-19(22)24-17-12-10-16(15-20)11-13-17/h10-13H,2-9,14H2,1H3. The molecule has 0 aliphatic heterocycles. The molecule has 5 nitrogen and oxygen atoms in total. The molecule has 0 heterocycles. The summed E-state index contributed by atoms with van der Waals surface area (Å²) in [6, 6.07) is 8.37. The lowest BCUT2D eigenvalue weighted by molar-refractivity contribution is -0.144. The maximum absolute atomic E-state index is 11.7. The molecule has 0 aromatic heterocycles. The Morgan fingerprint density at radius 3 is 2.25 bits per heavy atom. The number of hydrogen-bond donors (Lipinski definition) is 0. The van der Waals surface area contributed by atoms with E-state index in [0.717, 1.165) is 19.3 Å². The zero-order valence-corrected chi connectivity index (χ0v) is 14.3. The monoisotopic (exact) mass is 331 g/mol. The van der Waals surface area contributed by atoms with Crippen LogP contribution in [0.15, 0.2) is 24.3 Å². The second kappa shape index (κ2) is 12.1. The number of nitrogens with zero attached hydrogens (tertiary/aromatic N) is 1. The second-order valence-electron chi connectivity index (χ2n) is 5.60. The van der Waals surface area contributed by atoms with E-state index in [1.165, 1.54) is 6.42 Å². The number of unbranched alkanes of at least 4 members (excludes halogenated alkanes) is 4. The van der Waals surface area contributed by atoms with Crippen molar-refractivity contribution in [3.63, 3.8) is 0 Å². The van der Waals surface area contributed by atoms with Crippen LogP contribution in [-0.2, 0) is 14.3 Å². The van der Waals surface area contributed by atoms with Crippen molar-refractivity contribution in [3.05, 3.63) is 29.8 Å². The molecule has 5 heteroatoms. The van der Waals surface area contributed by atoms with Crippen LogP contribution in [0.1, 0.15) is 63.9 Å². The average Bonchev–Trinajstić information content (AvgIpc) is 2.59. The lowest BCUT2D eigenvalue weighted by atomic mass is 10.2. The number of ether oxygens (including phenoxy) is 2. The first-order chi connectivity index (χ1) is 11.7. The van der Waals surface area contributed by atoms with E-state index < -0.39 is 0 Å². The molecule has 0 saturated heterocycles. The maximum Gasteiger partial charge on any atom is 0.311 e. The Hall–Kier alpha value is -2.35. The van der Waals surface area contributed by atoms with Crippen molar-refractivity contribution >= 4 is 11.9 Å². The molecule has 0 unspecified atom stereocenters. The van der Waals surface area contributed by atoms with Crippen LogP contribution < -0.4 is 4.74 Å². The van der Waals surface area contributed by atoms with Gasteiger partial charge in [-0.15, -0.1) is 0 Å². The number of esters is 2. The highest BCUT2D eigenvalue weighted by molar-refractivity contribution is 5.72. The molecular weight excluding hydrogens is 306 g/mol. The quantitative estimate of drug-likeness (QED) is 0.346. The molecule has 0 saturated carbocycles. The van der Waals surface area contributed by atoms with E-state index >= 15 is 0 Å². The van der Waals surface area contributed by atoms with Gasteiger partial charge in [0, 0.05) is 12.8 Å². The average molecular weight is 331 g/mol. The minimum absolute atomic E-state index is 0.202. The minimum atomic E-state index is -0.340. The van der Waals surface area contributed by atoms with Crippen molar-refractivity contribution in [2.75, 3.05) is 6.61 Å². The lowest BCUT2D eigenvalue weighted by Crippen LogP contribution is -2.09. The summed E-state index contributed by atoms with van der Waals surface area (Å²) in [6.45, 7) is 2.62. The van der Waals surface area contributed by atoms with Crippen LogP contribution in [0.4, 0.5) is 0 Å². The Morgan fingerprint density at radius 1 is 0.958 bits per heavy atom. The van der Waals surface area contributed by atoms with Crippen LogP contribution in [0.25, 0.3) is 0 Å². The van der Waals surface area contributed by atoms with Crippen molar-refractivity contribution in [2.45, 2.75) is 58.3 Å². The van der Waals surface area contributed by atoms with Gasteiger partial charge in [0.25, 0.3) is 0 Å². The maximum atomic E-state index is 11.7. The zero-order valence-electron chi connectivity index (χ0n) is 14.3. The van der Waals surface area contributed by atoms with E-state index in [-0.39, 0.29) is 18.4 Å². The van der Waals surface area contributed by atoms with E-state index in [2.05, 4.69) is 6.92 Å². The largest absolute Gasteiger partial charge is 0.466 e. The van der Waals surface area contributed by atoms with Crippen LogP contribution in [0, 0.1) is 11.3 Å². The molecule has 1 rings (SSSR count).